The molecule has 1 aliphatic rings. The normalized spacial score (nSPS) is 13.9. The lowest BCUT2D eigenvalue weighted by molar-refractivity contribution is 0.389. The number of anilines is 1. The lowest BCUT2D eigenvalue weighted by Crippen LogP contribution is -2.44. The van der Waals surface area contributed by atoms with Gasteiger partial charge in [0.25, 0.3) is 5.56 Å². The average Bonchev–Trinajstić information content (AvgIpc) is 3.14. The van der Waals surface area contributed by atoms with Gasteiger partial charge in [-0.15, -0.1) is 5.92 Å². The minimum absolute atomic E-state index is 0.208. The number of pyridine rings is 1. The number of methoxy groups -OCH3 is 1. The van der Waals surface area contributed by atoms with Crippen molar-refractivity contribution in [1.82, 2.24) is 29.6 Å². The Morgan fingerprint density at radius 2 is 2.14 bits per heavy atom. The zero-order chi connectivity index (χ0) is 20.2. The zero-order valence-corrected chi connectivity index (χ0v) is 16.6. The Hall–Kier alpha value is -3.38. The third-order valence-corrected chi connectivity index (χ3v) is 4.91. The molecular weight excluding hydrogens is 370 g/mol. The fraction of sp³-hybridized carbons (Fsp3) is 0.400. The van der Waals surface area contributed by atoms with E-state index in [0.29, 0.717) is 23.5 Å². The van der Waals surface area contributed by atoms with Gasteiger partial charge in [0, 0.05) is 37.9 Å². The van der Waals surface area contributed by atoms with E-state index in [4.69, 9.17) is 9.72 Å². The molecule has 1 aliphatic heterocycles. The molecule has 0 aliphatic carbocycles. The van der Waals surface area contributed by atoms with Crippen LogP contribution in [0.3, 0.4) is 0 Å². The summed E-state index contributed by atoms with van der Waals surface area (Å²) in [6.45, 7) is 5.88. The van der Waals surface area contributed by atoms with Crippen LogP contribution in [0.4, 0.5) is 5.95 Å². The maximum atomic E-state index is 13.3. The molecule has 1 N–H and O–H groups in total. The lowest BCUT2D eigenvalue weighted by atomic mass is 10.2. The first-order valence-corrected chi connectivity index (χ1v) is 9.52. The van der Waals surface area contributed by atoms with Crippen LogP contribution in [-0.2, 0) is 13.1 Å². The van der Waals surface area contributed by atoms with E-state index in [1.54, 1.807) is 26.4 Å². The topological polar surface area (TPSA) is 90.1 Å². The minimum atomic E-state index is -0.208. The van der Waals surface area contributed by atoms with Crippen LogP contribution in [0.2, 0.25) is 0 Å². The predicted molar refractivity (Wildman–Crippen MR) is 110 cm³/mol. The number of hydrogen-bond donors (Lipinski definition) is 1. The highest BCUT2D eigenvalue weighted by molar-refractivity contribution is 5.77. The van der Waals surface area contributed by atoms with Crippen molar-refractivity contribution in [3.05, 3.63) is 40.4 Å². The van der Waals surface area contributed by atoms with Gasteiger partial charge in [-0.25, -0.2) is 14.6 Å². The summed E-state index contributed by atoms with van der Waals surface area (Å²) in [5, 5.41) is 7.67. The molecular formula is C20H23N7O2. The SMILES string of the molecule is CC#CCn1c(N2CCNCC2)nc2cnn(Cc3cccnc3OC)c(=O)c21. The number of nitrogens with one attached hydrogen (secondary N) is 1. The summed E-state index contributed by atoms with van der Waals surface area (Å²) in [6.07, 6.45) is 3.29. The van der Waals surface area contributed by atoms with Gasteiger partial charge < -0.3 is 15.0 Å². The number of imidazole rings is 1. The Morgan fingerprint density at radius 1 is 1.31 bits per heavy atom. The zero-order valence-electron chi connectivity index (χ0n) is 16.6. The summed E-state index contributed by atoms with van der Waals surface area (Å²) in [6, 6.07) is 3.68. The van der Waals surface area contributed by atoms with E-state index in [0.717, 1.165) is 37.7 Å². The largest absolute Gasteiger partial charge is 0.481 e. The molecule has 4 heterocycles. The van der Waals surface area contributed by atoms with Crippen molar-refractivity contribution in [2.45, 2.75) is 20.0 Å². The van der Waals surface area contributed by atoms with Crippen molar-refractivity contribution >= 4 is 17.0 Å². The molecule has 0 unspecified atom stereocenters. The summed E-state index contributed by atoms with van der Waals surface area (Å²) in [5.41, 5.74) is 1.67. The molecule has 0 radical (unpaired) electrons. The molecule has 9 nitrogen and oxygen atoms in total. The van der Waals surface area contributed by atoms with E-state index in [-0.39, 0.29) is 12.1 Å². The Morgan fingerprint density at radius 3 is 2.90 bits per heavy atom. The second kappa shape index (κ2) is 8.32. The van der Waals surface area contributed by atoms with Gasteiger partial charge in [-0.3, -0.25) is 9.36 Å². The molecule has 0 aromatic carbocycles. The highest BCUT2D eigenvalue weighted by atomic mass is 16.5. The van der Waals surface area contributed by atoms with Gasteiger partial charge in [0.2, 0.25) is 11.8 Å². The van der Waals surface area contributed by atoms with Gasteiger partial charge in [0.1, 0.15) is 11.0 Å². The molecule has 0 spiro atoms. The number of ether oxygens (including phenoxy) is 1. The number of piperazine rings is 1. The molecule has 0 amide bonds. The summed E-state index contributed by atoms with van der Waals surface area (Å²) in [5.74, 6) is 7.22. The molecule has 3 aromatic heterocycles. The second-order valence-corrected chi connectivity index (χ2v) is 6.67. The molecule has 1 saturated heterocycles. The predicted octanol–water partition coefficient (Wildman–Crippen LogP) is 0.478. The van der Waals surface area contributed by atoms with E-state index >= 15 is 0 Å². The first-order valence-electron chi connectivity index (χ1n) is 9.52. The lowest BCUT2D eigenvalue weighted by Gasteiger charge is -2.28. The molecule has 3 aromatic rings. The van der Waals surface area contributed by atoms with Crippen LogP contribution in [0.5, 0.6) is 5.88 Å². The van der Waals surface area contributed by atoms with Crippen LogP contribution in [0.25, 0.3) is 11.0 Å². The van der Waals surface area contributed by atoms with Gasteiger partial charge in [-0.1, -0.05) is 12.0 Å². The van der Waals surface area contributed by atoms with E-state index in [1.165, 1.54) is 4.68 Å². The molecule has 9 heteroatoms. The van der Waals surface area contributed by atoms with Gasteiger partial charge in [0.15, 0.2) is 0 Å². The van der Waals surface area contributed by atoms with Crippen molar-refractivity contribution in [3.63, 3.8) is 0 Å². The Labute approximate surface area is 168 Å². The van der Waals surface area contributed by atoms with Crippen LogP contribution < -0.4 is 20.5 Å². The maximum absolute atomic E-state index is 13.3. The third-order valence-electron chi connectivity index (χ3n) is 4.91. The average molecular weight is 393 g/mol. The highest BCUT2D eigenvalue weighted by Crippen LogP contribution is 2.21. The summed E-state index contributed by atoms with van der Waals surface area (Å²) in [4.78, 5) is 24.4. The molecule has 4 rings (SSSR count). The van der Waals surface area contributed by atoms with Gasteiger partial charge in [0.05, 0.1) is 26.4 Å². The molecule has 29 heavy (non-hydrogen) atoms. The van der Waals surface area contributed by atoms with Crippen molar-refractivity contribution in [2.75, 3.05) is 38.2 Å². The van der Waals surface area contributed by atoms with Gasteiger partial charge >= 0.3 is 0 Å². The number of aromatic nitrogens is 5. The standard InChI is InChI=1S/C20H23N7O2/c1-3-4-10-26-17-16(24-20(26)25-11-8-21-9-12-25)13-23-27(19(17)28)14-15-6-5-7-22-18(15)29-2/h5-7,13,21H,8-12,14H2,1-2H3. The first-order chi connectivity index (χ1) is 14.2. The molecule has 0 saturated carbocycles. The van der Waals surface area contributed by atoms with Crippen LogP contribution in [0.1, 0.15) is 12.5 Å². The molecule has 0 bridgehead atoms. The van der Waals surface area contributed by atoms with E-state index in [9.17, 15) is 4.79 Å². The van der Waals surface area contributed by atoms with E-state index < -0.39 is 0 Å². The van der Waals surface area contributed by atoms with Crippen LogP contribution in [0, 0.1) is 11.8 Å². The fourth-order valence-corrected chi connectivity index (χ4v) is 3.49. The summed E-state index contributed by atoms with van der Waals surface area (Å²) < 4.78 is 8.62. The number of hydrogen-bond acceptors (Lipinski definition) is 7. The van der Waals surface area contributed by atoms with Crippen LogP contribution in [0.15, 0.2) is 29.3 Å². The van der Waals surface area contributed by atoms with Gasteiger partial charge in [-0.2, -0.15) is 5.10 Å². The number of rotatable bonds is 5. The summed E-state index contributed by atoms with van der Waals surface area (Å²) >= 11 is 0. The second-order valence-electron chi connectivity index (χ2n) is 6.67. The Kier molecular flexibility index (Phi) is 5.44. The Bertz CT molecular complexity index is 1130. The molecule has 150 valence electrons. The maximum Gasteiger partial charge on any atom is 0.293 e. The van der Waals surface area contributed by atoms with E-state index in [1.807, 2.05) is 16.7 Å². The third kappa shape index (κ3) is 3.67. The highest BCUT2D eigenvalue weighted by Gasteiger charge is 2.21. The first kappa shape index (κ1) is 19.0. The summed E-state index contributed by atoms with van der Waals surface area (Å²) in [7, 11) is 1.56. The molecule has 0 atom stereocenters. The van der Waals surface area contributed by atoms with Crippen LogP contribution >= 0.6 is 0 Å². The van der Waals surface area contributed by atoms with Crippen LogP contribution in [-0.4, -0.2) is 57.6 Å². The van der Waals surface area contributed by atoms with E-state index in [2.05, 4.69) is 32.1 Å². The number of fused-ring (bicyclic) bond motifs is 1. The van der Waals surface area contributed by atoms with Crippen molar-refractivity contribution in [3.8, 4) is 17.7 Å². The van der Waals surface area contributed by atoms with Crippen molar-refractivity contribution in [2.24, 2.45) is 0 Å². The minimum Gasteiger partial charge on any atom is -0.481 e. The van der Waals surface area contributed by atoms with Crippen molar-refractivity contribution < 1.29 is 4.74 Å². The smallest absolute Gasteiger partial charge is 0.293 e. The number of nitrogens with zero attached hydrogens (tertiary/aromatic N) is 6. The Balaban J connectivity index is 1.81. The fourth-order valence-electron chi connectivity index (χ4n) is 3.49. The van der Waals surface area contributed by atoms with Gasteiger partial charge in [-0.05, 0) is 13.0 Å². The van der Waals surface area contributed by atoms with Crippen molar-refractivity contribution in [1.29, 1.82) is 0 Å². The quantitative estimate of drug-likeness (QED) is 0.631. The monoisotopic (exact) mass is 393 g/mol. The molecule has 1 fully saturated rings.